The first kappa shape index (κ1) is 12.3. The quantitative estimate of drug-likeness (QED) is 0.768. The lowest BCUT2D eigenvalue weighted by atomic mass is 10.0. The van der Waals surface area contributed by atoms with E-state index in [1.165, 1.54) is 25.3 Å². The molecule has 0 aliphatic carbocycles. The van der Waals surface area contributed by atoms with Crippen LogP contribution in [0.4, 0.5) is 13.2 Å². The van der Waals surface area contributed by atoms with Gasteiger partial charge in [0.1, 0.15) is 5.69 Å². The zero-order valence-electron chi connectivity index (χ0n) is 9.38. The largest absolute Gasteiger partial charge is 0.287 e. The van der Waals surface area contributed by atoms with Crippen molar-refractivity contribution in [1.82, 2.24) is 4.98 Å². The van der Waals surface area contributed by atoms with Crippen LogP contribution in [-0.4, -0.2) is 10.8 Å². The molecule has 0 saturated carbocycles. The van der Waals surface area contributed by atoms with E-state index < -0.39 is 34.5 Å². The monoisotopic (exact) mass is 251 g/mol. The van der Waals surface area contributed by atoms with Gasteiger partial charge in [-0.1, -0.05) is 6.07 Å². The molecule has 0 aliphatic heterocycles. The van der Waals surface area contributed by atoms with E-state index in [4.69, 9.17) is 0 Å². The first-order valence-electron chi connectivity index (χ1n) is 5.12. The van der Waals surface area contributed by atoms with Crippen molar-refractivity contribution in [3.8, 4) is 0 Å². The second kappa shape index (κ2) is 4.60. The number of aromatic nitrogens is 1. The summed E-state index contributed by atoms with van der Waals surface area (Å²) in [7, 11) is 0. The van der Waals surface area contributed by atoms with Crippen LogP contribution in [0.1, 0.15) is 21.6 Å². The molecule has 0 unspecified atom stereocenters. The molecule has 0 fully saturated rings. The summed E-state index contributed by atoms with van der Waals surface area (Å²) in [5, 5.41) is 0. The predicted molar refractivity (Wildman–Crippen MR) is 58.7 cm³/mol. The summed E-state index contributed by atoms with van der Waals surface area (Å²) in [6.45, 7) is 1.37. The minimum Gasteiger partial charge on any atom is -0.287 e. The maximum absolute atomic E-state index is 13.6. The lowest BCUT2D eigenvalue weighted by Gasteiger charge is -2.05. The van der Waals surface area contributed by atoms with Crippen molar-refractivity contribution >= 4 is 5.78 Å². The number of aryl methyl sites for hydroxylation is 1. The lowest BCUT2D eigenvalue weighted by molar-refractivity contribution is 0.102. The first-order valence-corrected chi connectivity index (χ1v) is 5.12. The summed E-state index contributed by atoms with van der Waals surface area (Å²) < 4.78 is 40.2. The van der Waals surface area contributed by atoms with Crippen LogP contribution in [0.2, 0.25) is 0 Å². The van der Waals surface area contributed by atoms with Gasteiger partial charge in [0.2, 0.25) is 5.78 Å². The molecule has 5 heteroatoms. The van der Waals surface area contributed by atoms with E-state index in [0.29, 0.717) is 0 Å². The summed E-state index contributed by atoms with van der Waals surface area (Å²) in [5.74, 6) is -4.25. The first-order chi connectivity index (χ1) is 8.52. The van der Waals surface area contributed by atoms with Crippen LogP contribution in [0.25, 0.3) is 0 Å². The van der Waals surface area contributed by atoms with Crippen molar-refractivity contribution in [2.45, 2.75) is 6.92 Å². The Morgan fingerprint density at radius 2 is 1.83 bits per heavy atom. The molecular weight excluding hydrogens is 243 g/mol. The minimum absolute atomic E-state index is 0.0746. The fourth-order valence-electron chi connectivity index (χ4n) is 1.50. The van der Waals surface area contributed by atoms with Crippen molar-refractivity contribution in [1.29, 1.82) is 0 Å². The third-order valence-corrected chi connectivity index (χ3v) is 2.49. The van der Waals surface area contributed by atoms with Gasteiger partial charge in [-0.05, 0) is 30.7 Å². The van der Waals surface area contributed by atoms with Gasteiger partial charge in [0, 0.05) is 6.20 Å². The zero-order chi connectivity index (χ0) is 13.3. The van der Waals surface area contributed by atoms with Crippen LogP contribution >= 0.6 is 0 Å². The Bertz CT molecular complexity index is 626. The summed E-state index contributed by atoms with van der Waals surface area (Å²) in [5.41, 5.74) is -0.985. The van der Waals surface area contributed by atoms with Crippen molar-refractivity contribution in [3.63, 3.8) is 0 Å². The molecule has 2 aromatic rings. The third-order valence-electron chi connectivity index (χ3n) is 2.49. The van der Waals surface area contributed by atoms with Gasteiger partial charge in [-0.15, -0.1) is 0 Å². The van der Waals surface area contributed by atoms with Gasteiger partial charge in [0.15, 0.2) is 17.5 Å². The smallest absolute Gasteiger partial charge is 0.217 e. The molecular formula is C13H8F3NO. The summed E-state index contributed by atoms with van der Waals surface area (Å²) >= 11 is 0. The van der Waals surface area contributed by atoms with E-state index in [2.05, 4.69) is 4.98 Å². The van der Waals surface area contributed by atoms with Crippen molar-refractivity contribution in [3.05, 3.63) is 64.7 Å². The molecule has 0 aliphatic rings. The molecule has 18 heavy (non-hydrogen) atoms. The maximum atomic E-state index is 13.6. The fraction of sp³-hybridized carbons (Fsp3) is 0.0769. The van der Waals surface area contributed by atoms with E-state index in [1.54, 1.807) is 0 Å². The molecule has 0 bridgehead atoms. The maximum Gasteiger partial charge on any atom is 0.217 e. The van der Waals surface area contributed by atoms with E-state index >= 15 is 0 Å². The molecule has 92 valence electrons. The number of carbonyl (C=O) groups is 1. The molecule has 0 amide bonds. The highest BCUT2D eigenvalue weighted by molar-refractivity contribution is 6.08. The highest BCUT2D eigenvalue weighted by Crippen LogP contribution is 2.19. The fourth-order valence-corrected chi connectivity index (χ4v) is 1.50. The SMILES string of the molecule is Cc1ccc(C(=O)c2ncccc2F)c(F)c1F. The van der Waals surface area contributed by atoms with Gasteiger partial charge in [-0.2, -0.15) is 0 Å². The number of carbonyl (C=O) groups excluding carboxylic acids is 1. The standard InChI is InChI=1S/C13H8F3NO/c1-7-4-5-8(11(16)10(7)15)13(18)12-9(14)3-2-6-17-12/h2-6H,1H3. The van der Waals surface area contributed by atoms with Crippen LogP contribution in [0.3, 0.4) is 0 Å². The molecule has 0 N–H and O–H groups in total. The van der Waals surface area contributed by atoms with E-state index in [-0.39, 0.29) is 5.56 Å². The number of hydrogen-bond donors (Lipinski definition) is 0. The Hall–Kier alpha value is -2.17. The molecule has 0 spiro atoms. The van der Waals surface area contributed by atoms with Crippen LogP contribution in [0, 0.1) is 24.4 Å². The van der Waals surface area contributed by atoms with E-state index in [1.807, 2.05) is 0 Å². The van der Waals surface area contributed by atoms with Gasteiger partial charge in [0.25, 0.3) is 0 Å². The zero-order valence-corrected chi connectivity index (χ0v) is 9.38. The van der Waals surface area contributed by atoms with Crippen molar-refractivity contribution < 1.29 is 18.0 Å². The summed E-state index contributed by atoms with van der Waals surface area (Å²) in [4.78, 5) is 15.4. The van der Waals surface area contributed by atoms with E-state index in [0.717, 1.165) is 12.1 Å². The third kappa shape index (κ3) is 1.99. The molecule has 0 radical (unpaired) electrons. The lowest BCUT2D eigenvalue weighted by Crippen LogP contribution is -2.10. The van der Waals surface area contributed by atoms with Crippen LogP contribution < -0.4 is 0 Å². The van der Waals surface area contributed by atoms with Crippen LogP contribution in [-0.2, 0) is 0 Å². The van der Waals surface area contributed by atoms with Gasteiger partial charge < -0.3 is 0 Å². The van der Waals surface area contributed by atoms with E-state index in [9.17, 15) is 18.0 Å². The number of hydrogen-bond acceptors (Lipinski definition) is 2. The minimum atomic E-state index is -1.29. The Kier molecular flexibility index (Phi) is 3.14. The molecule has 0 saturated heterocycles. The Morgan fingerprint density at radius 1 is 1.11 bits per heavy atom. The second-order valence-electron chi connectivity index (χ2n) is 3.72. The molecule has 1 aromatic heterocycles. The van der Waals surface area contributed by atoms with Crippen molar-refractivity contribution in [2.24, 2.45) is 0 Å². The van der Waals surface area contributed by atoms with Crippen molar-refractivity contribution in [2.75, 3.05) is 0 Å². The van der Waals surface area contributed by atoms with Crippen LogP contribution in [0.15, 0.2) is 30.5 Å². The Labute approximate surface area is 101 Å². The highest BCUT2D eigenvalue weighted by atomic mass is 19.2. The van der Waals surface area contributed by atoms with Gasteiger partial charge in [0.05, 0.1) is 5.56 Å². The average Bonchev–Trinajstić information content (AvgIpc) is 2.36. The number of benzene rings is 1. The molecule has 0 atom stereocenters. The molecule has 2 nitrogen and oxygen atoms in total. The predicted octanol–water partition coefficient (Wildman–Crippen LogP) is 3.04. The Balaban J connectivity index is 2.54. The number of ketones is 1. The normalized spacial score (nSPS) is 10.4. The topological polar surface area (TPSA) is 30.0 Å². The average molecular weight is 251 g/mol. The molecule has 1 heterocycles. The number of nitrogens with zero attached hydrogens (tertiary/aromatic N) is 1. The summed E-state index contributed by atoms with van der Waals surface area (Å²) in [6.07, 6.45) is 1.21. The van der Waals surface area contributed by atoms with Gasteiger partial charge >= 0.3 is 0 Å². The number of halogens is 3. The Morgan fingerprint density at radius 3 is 2.50 bits per heavy atom. The molecule has 2 rings (SSSR count). The van der Waals surface area contributed by atoms with Gasteiger partial charge in [-0.3, -0.25) is 4.79 Å². The highest BCUT2D eigenvalue weighted by Gasteiger charge is 2.21. The second-order valence-corrected chi connectivity index (χ2v) is 3.72. The molecule has 1 aromatic carbocycles. The summed E-state index contributed by atoms with van der Waals surface area (Å²) in [6, 6.07) is 4.71. The number of rotatable bonds is 2. The number of pyridine rings is 1. The van der Waals surface area contributed by atoms with Gasteiger partial charge in [-0.25, -0.2) is 18.2 Å². The van der Waals surface area contributed by atoms with Crippen LogP contribution in [0.5, 0.6) is 0 Å².